The third-order valence-corrected chi connectivity index (χ3v) is 4.01. The van der Waals surface area contributed by atoms with Crippen LogP contribution in [0.3, 0.4) is 0 Å². The van der Waals surface area contributed by atoms with Crippen LogP contribution in [0.15, 0.2) is 42.5 Å². The van der Waals surface area contributed by atoms with Gasteiger partial charge in [-0.2, -0.15) is 0 Å². The van der Waals surface area contributed by atoms with Gasteiger partial charge in [-0.3, -0.25) is 24.6 Å². The van der Waals surface area contributed by atoms with Crippen molar-refractivity contribution in [3.8, 4) is 5.75 Å². The van der Waals surface area contributed by atoms with E-state index in [1.807, 2.05) is 31.2 Å². The molecule has 2 aromatic carbocycles. The maximum Gasteiger partial charge on any atom is 0.271 e. The van der Waals surface area contributed by atoms with Gasteiger partial charge in [0.15, 0.2) is 6.61 Å². The van der Waals surface area contributed by atoms with Gasteiger partial charge in [-0.05, 0) is 18.6 Å². The average Bonchev–Trinajstić information content (AvgIpc) is 2.63. The van der Waals surface area contributed by atoms with Gasteiger partial charge in [0.2, 0.25) is 5.91 Å². The summed E-state index contributed by atoms with van der Waals surface area (Å²) in [6, 6.07) is 11.7. The summed E-state index contributed by atoms with van der Waals surface area (Å²) in [7, 11) is 0. The largest absolute Gasteiger partial charge is 0.482 e. The number of anilines is 1. The summed E-state index contributed by atoms with van der Waals surface area (Å²) in [5, 5.41) is 13.7. The molecule has 0 bridgehead atoms. The first kappa shape index (κ1) is 17.4. The standard InChI is InChI=1S/C18H17N3O5/c1-12-2-4-13(5-3-12)9-19-17(22)10-20-15-8-14(21(24)25)6-7-16(15)26-11-18(20)23/h2-8H,9-11H2,1H3,(H,19,22). The van der Waals surface area contributed by atoms with Crippen molar-refractivity contribution in [1.29, 1.82) is 0 Å². The van der Waals surface area contributed by atoms with Gasteiger partial charge in [0, 0.05) is 18.7 Å². The van der Waals surface area contributed by atoms with E-state index < -0.39 is 10.8 Å². The van der Waals surface area contributed by atoms with Crippen molar-refractivity contribution in [1.82, 2.24) is 5.32 Å². The Balaban J connectivity index is 1.71. The van der Waals surface area contributed by atoms with Gasteiger partial charge in [0.05, 0.1) is 10.6 Å². The molecule has 3 rings (SSSR count). The number of rotatable bonds is 5. The molecule has 1 heterocycles. The number of carbonyl (C=O) groups excluding carboxylic acids is 2. The monoisotopic (exact) mass is 355 g/mol. The highest BCUT2D eigenvalue weighted by atomic mass is 16.6. The second kappa shape index (κ2) is 7.22. The van der Waals surface area contributed by atoms with Crippen molar-refractivity contribution < 1.29 is 19.2 Å². The number of hydrogen-bond donors (Lipinski definition) is 1. The number of carbonyl (C=O) groups is 2. The molecule has 134 valence electrons. The molecule has 0 radical (unpaired) electrons. The molecule has 0 saturated heterocycles. The Morgan fingerprint density at radius 3 is 2.69 bits per heavy atom. The molecule has 2 amide bonds. The molecule has 1 aliphatic rings. The van der Waals surface area contributed by atoms with Crippen LogP contribution in [0.25, 0.3) is 0 Å². The number of ether oxygens (including phenoxy) is 1. The predicted octanol–water partition coefficient (Wildman–Crippen LogP) is 1.95. The minimum absolute atomic E-state index is 0.174. The lowest BCUT2D eigenvalue weighted by atomic mass is 10.1. The third kappa shape index (κ3) is 3.80. The number of hydrogen-bond acceptors (Lipinski definition) is 5. The maximum absolute atomic E-state index is 12.2. The number of nitrogens with one attached hydrogen (secondary N) is 1. The van der Waals surface area contributed by atoms with Crippen molar-refractivity contribution in [3.63, 3.8) is 0 Å². The van der Waals surface area contributed by atoms with E-state index in [9.17, 15) is 19.7 Å². The van der Waals surface area contributed by atoms with Gasteiger partial charge in [-0.25, -0.2) is 0 Å². The lowest BCUT2D eigenvalue weighted by Gasteiger charge is -2.28. The first-order valence-corrected chi connectivity index (χ1v) is 7.98. The Labute approximate surface area is 149 Å². The summed E-state index contributed by atoms with van der Waals surface area (Å²) in [6.07, 6.45) is 0. The molecule has 0 saturated carbocycles. The van der Waals surface area contributed by atoms with Gasteiger partial charge < -0.3 is 10.1 Å². The molecule has 1 aliphatic heterocycles. The Kier molecular flexibility index (Phi) is 4.83. The minimum atomic E-state index is -0.561. The number of nitro groups is 1. The molecular weight excluding hydrogens is 338 g/mol. The summed E-state index contributed by atoms with van der Waals surface area (Å²) >= 11 is 0. The van der Waals surface area contributed by atoms with Crippen molar-refractivity contribution in [2.24, 2.45) is 0 Å². The van der Waals surface area contributed by atoms with Crippen LogP contribution in [0.1, 0.15) is 11.1 Å². The highest BCUT2D eigenvalue weighted by Crippen LogP contribution is 2.35. The predicted molar refractivity (Wildman–Crippen MR) is 94.0 cm³/mol. The van der Waals surface area contributed by atoms with Crippen molar-refractivity contribution in [3.05, 3.63) is 63.7 Å². The molecule has 8 heteroatoms. The van der Waals surface area contributed by atoms with Crippen molar-refractivity contribution >= 4 is 23.2 Å². The molecule has 0 aromatic heterocycles. The fourth-order valence-electron chi connectivity index (χ4n) is 2.58. The molecule has 26 heavy (non-hydrogen) atoms. The normalized spacial score (nSPS) is 13.0. The van der Waals surface area contributed by atoms with E-state index in [1.165, 1.54) is 23.1 Å². The second-order valence-corrected chi connectivity index (χ2v) is 5.94. The van der Waals surface area contributed by atoms with Crippen LogP contribution in [0.2, 0.25) is 0 Å². The van der Waals surface area contributed by atoms with Crippen LogP contribution in [-0.2, 0) is 16.1 Å². The van der Waals surface area contributed by atoms with Gasteiger partial charge in [0.1, 0.15) is 12.3 Å². The quantitative estimate of drug-likeness (QED) is 0.652. The molecule has 2 aromatic rings. The fraction of sp³-hybridized carbons (Fsp3) is 0.222. The van der Waals surface area contributed by atoms with Gasteiger partial charge in [0.25, 0.3) is 11.6 Å². The van der Waals surface area contributed by atoms with Crippen LogP contribution in [-0.4, -0.2) is 29.9 Å². The van der Waals surface area contributed by atoms with Crippen molar-refractivity contribution in [2.45, 2.75) is 13.5 Å². The highest BCUT2D eigenvalue weighted by Gasteiger charge is 2.29. The summed E-state index contributed by atoms with van der Waals surface area (Å²) in [5.41, 5.74) is 2.11. The van der Waals surface area contributed by atoms with Crippen LogP contribution in [0, 0.1) is 17.0 Å². The Morgan fingerprint density at radius 1 is 1.27 bits per heavy atom. The Bertz CT molecular complexity index is 864. The van der Waals surface area contributed by atoms with Crippen LogP contribution in [0.5, 0.6) is 5.75 Å². The fourth-order valence-corrected chi connectivity index (χ4v) is 2.58. The number of nitro benzene ring substituents is 1. The van der Waals surface area contributed by atoms with E-state index in [-0.39, 0.29) is 30.4 Å². The highest BCUT2D eigenvalue weighted by molar-refractivity contribution is 6.02. The summed E-state index contributed by atoms with van der Waals surface area (Å²) < 4.78 is 5.28. The number of fused-ring (bicyclic) bond motifs is 1. The van der Waals surface area contributed by atoms with E-state index in [0.717, 1.165) is 11.1 Å². The van der Waals surface area contributed by atoms with Gasteiger partial charge in [-0.1, -0.05) is 29.8 Å². The van der Waals surface area contributed by atoms with Gasteiger partial charge >= 0.3 is 0 Å². The maximum atomic E-state index is 12.2. The molecule has 0 atom stereocenters. The summed E-state index contributed by atoms with van der Waals surface area (Å²) in [6.45, 7) is 1.86. The molecule has 0 fully saturated rings. The summed E-state index contributed by atoms with van der Waals surface area (Å²) in [4.78, 5) is 36.0. The topological polar surface area (TPSA) is 102 Å². The van der Waals surface area contributed by atoms with Crippen LogP contribution >= 0.6 is 0 Å². The van der Waals surface area contributed by atoms with E-state index in [0.29, 0.717) is 12.3 Å². The number of amides is 2. The zero-order chi connectivity index (χ0) is 18.7. The summed E-state index contributed by atoms with van der Waals surface area (Å²) in [5.74, 6) is -0.455. The first-order chi connectivity index (χ1) is 12.4. The molecule has 0 spiro atoms. The van der Waals surface area contributed by atoms with E-state index >= 15 is 0 Å². The van der Waals surface area contributed by atoms with Crippen molar-refractivity contribution in [2.75, 3.05) is 18.1 Å². The molecule has 0 unspecified atom stereocenters. The second-order valence-electron chi connectivity index (χ2n) is 5.94. The minimum Gasteiger partial charge on any atom is -0.482 e. The van der Waals surface area contributed by atoms with E-state index in [1.54, 1.807) is 0 Å². The molecular formula is C18H17N3O5. The SMILES string of the molecule is Cc1ccc(CNC(=O)CN2C(=O)COc3ccc([N+](=O)[O-])cc32)cc1. The smallest absolute Gasteiger partial charge is 0.271 e. The van der Waals surface area contributed by atoms with Crippen LogP contribution in [0.4, 0.5) is 11.4 Å². The molecule has 8 nitrogen and oxygen atoms in total. The Morgan fingerprint density at radius 2 is 2.00 bits per heavy atom. The zero-order valence-corrected chi connectivity index (χ0v) is 14.1. The number of aryl methyl sites for hydroxylation is 1. The number of nitrogens with zero attached hydrogens (tertiary/aromatic N) is 2. The van der Waals surface area contributed by atoms with E-state index in [2.05, 4.69) is 5.32 Å². The molecule has 0 aliphatic carbocycles. The number of benzene rings is 2. The lowest BCUT2D eigenvalue weighted by Crippen LogP contribution is -2.45. The lowest BCUT2D eigenvalue weighted by molar-refractivity contribution is -0.384. The average molecular weight is 355 g/mol. The number of non-ortho nitro benzene ring substituents is 1. The zero-order valence-electron chi connectivity index (χ0n) is 14.1. The Hall–Kier alpha value is -3.42. The molecule has 1 N–H and O–H groups in total. The van der Waals surface area contributed by atoms with Gasteiger partial charge in [-0.15, -0.1) is 0 Å². The van der Waals surface area contributed by atoms with Crippen LogP contribution < -0.4 is 15.0 Å². The third-order valence-electron chi connectivity index (χ3n) is 4.01. The first-order valence-electron chi connectivity index (χ1n) is 7.98. The van der Waals surface area contributed by atoms with E-state index in [4.69, 9.17) is 4.74 Å².